The number of hydrogen-bond donors (Lipinski definition) is 2. The van der Waals surface area contributed by atoms with Gasteiger partial charge in [0.1, 0.15) is 0 Å². The highest BCUT2D eigenvalue weighted by Crippen LogP contribution is 2.16. The van der Waals surface area contributed by atoms with Gasteiger partial charge in [0, 0.05) is 11.8 Å². The van der Waals surface area contributed by atoms with Crippen molar-refractivity contribution in [2.45, 2.75) is 0 Å². The van der Waals surface area contributed by atoms with Crippen LogP contribution in [0.2, 0.25) is 0 Å². The molecule has 16 heavy (non-hydrogen) atoms. The fourth-order valence-corrected chi connectivity index (χ4v) is 1.38. The van der Waals surface area contributed by atoms with E-state index >= 15 is 0 Å². The van der Waals surface area contributed by atoms with Gasteiger partial charge in [-0.15, -0.1) is 0 Å². The van der Waals surface area contributed by atoms with Crippen LogP contribution in [-0.2, 0) is 4.79 Å². The summed E-state index contributed by atoms with van der Waals surface area (Å²) in [5.41, 5.74) is 1.64. The van der Waals surface area contributed by atoms with E-state index < -0.39 is 5.97 Å². The molecule has 0 radical (unpaired) electrons. The number of nitrogens with one attached hydrogen (secondary N) is 1. The number of H-pyrrole nitrogens is 1. The Kier molecular flexibility index (Phi) is 2.82. The maximum atomic E-state index is 11.1. The minimum Gasteiger partial charge on any atom is -0.478 e. The number of aliphatic carboxylic acids is 1. The first-order chi connectivity index (χ1) is 7.77. The van der Waals surface area contributed by atoms with Crippen molar-refractivity contribution in [3.05, 3.63) is 53.9 Å². The van der Waals surface area contributed by atoms with Crippen molar-refractivity contribution in [1.29, 1.82) is 0 Å². The molecule has 0 aliphatic rings. The van der Waals surface area contributed by atoms with E-state index in [2.05, 4.69) is 10.2 Å². The van der Waals surface area contributed by atoms with E-state index in [-0.39, 0.29) is 5.57 Å². The summed E-state index contributed by atoms with van der Waals surface area (Å²) in [7, 11) is 0. The molecule has 0 saturated heterocycles. The van der Waals surface area contributed by atoms with Gasteiger partial charge in [0.15, 0.2) is 0 Å². The largest absolute Gasteiger partial charge is 0.478 e. The van der Waals surface area contributed by atoms with Gasteiger partial charge in [0.05, 0.1) is 11.8 Å². The molecule has 0 bridgehead atoms. The predicted octanol–water partition coefficient (Wildman–Crippen LogP) is 2.03. The number of nitrogens with zero attached hydrogens (tertiary/aromatic N) is 1. The minimum absolute atomic E-state index is 0.222. The monoisotopic (exact) mass is 214 g/mol. The molecule has 0 aliphatic carbocycles. The number of aromatic amines is 1. The fourth-order valence-electron chi connectivity index (χ4n) is 1.38. The lowest BCUT2D eigenvalue weighted by Gasteiger charge is -1.98. The topological polar surface area (TPSA) is 66.0 Å². The maximum Gasteiger partial charge on any atom is 0.336 e. The van der Waals surface area contributed by atoms with Crippen molar-refractivity contribution in [2.75, 3.05) is 0 Å². The molecule has 1 aromatic heterocycles. The van der Waals surface area contributed by atoms with E-state index in [0.717, 1.165) is 5.56 Å². The van der Waals surface area contributed by atoms with E-state index in [1.807, 2.05) is 30.3 Å². The van der Waals surface area contributed by atoms with Gasteiger partial charge in [-0.2, -0.15) is 5.10 Å². The third-order valence-corrected chi connectivity index (χ3v) is 2.15. The summed E-state index contributed by atoms with van der Waals surface area (Å²) in [6.07, 6.45) is 4.67. The second kappa shape index (κ2) is 4.44. The highest BCUT2D eigenvalue weighted by Gasteiger charge is 2.10. The minimum atomic E-state index is -0.967. The third-order valence-electron chi connectivity index (χ3n) is 2.15. The second-order valence-electron chi connectivity index (χ2n) is 3.26. The Labute approximate surface area is 92.2 Å². The summed E-state index contributed by atoms with van der Waals surface area (Å²) in [6, 6.07) is 9.31. The van der Waals surface area contributed by atoms with Crippen molar-refractivity contribution in [1.82, 2.24) is 10.2 Å². The second-order valence-corrected chi connectivity index (χ2v) is 3.26. The number of carboxylic acids is 1. The lowest BCUT2D eigenvalue weighted by molar-refractivity contribution is -0.130. The van der Waals surface area contributed by atoms with E-state index in [1.54, 1.807) is 12.3 Å². The number of rotatable bonds is 3. The Morgan fingerprint density at radius 2 is 2.06 bits per heavy atom. The molecule has 0 unspecified atom stereocenters. The molecule has 0 aliphatic heterocycles. The molecule has 1 aromatic carbocycles. The summed E-state index contributed by atoms with van der Waals surface area (Å²) in [5.74, 6) is -0.967. The number of carbonyl (C=O) groups is 1. The van der Waals surface area contributed by atoms with Gasteiger partial charge in [-0.1, -0.05) is 30.3 Å². The molecule has 1 heterocycles. The van der Waals surface area contributed by atoms with Gasteiger partial charge < -0.3 is 5.11 Å². The standard InChI is InChI=1S/C12H10N2O2/c15-12(16)11(10-7-13-14-8-10)6-9-4-2-1-3-5-9/h1-8H,(H,13,14)(H,15,16). The average Bonchev–Trinajstić information content (AvgIpc) is 2.80. The normalized spacial score (nSPS) is 11.4. The first-order valence-corrected chi connectivity index (χ1v) is 4.76. The van der Waals surface area contributed by atoms with Gasteiger partial charge >= 0.3 is 5.97 Å². The summed E-state index contributed by atoms with van der Waals surface area (Å²) in [5, 5.41) is 15.4. The van der Waals surface area contributed by atoms with E-state index in [1.165, 1.54) is 6.20 Å². The van der Waals surface area contributed by atoms with Crippen LogP contribution in [0.5, 0.6) is 0 Å². The number of aromatic nitrogens is 2. The lowest BCUT2D eigenvalue weighted by Crippen LogP contribution is -1.98. The molecule has 0 fully saturated rings. The highest BCUT2D eigenvalue weighted by molar-refractivity contribution is 6.20. The SMILES string of the molecule is O=C(O)C(=Cc1ccccc1)c1cn[nH]c1. The van der Waals surface area contributed by atoms with E-state index in [4.69, 9.17) is 5.11 Å². The Morgan fingerprint density at radius 3 is 2.62 bits per heavy atom. The molecule has 2 rings (SSSR count). The Hall–Kier alpha value is -2.36. The van der Waals surface area contributed by atoms with Crippen LogP contribution in [0.15, 0.2) is 42.7 Å². The van der Waals surface area contributed by atoms with Crippen LogP contribution in [-0.4, -0.2) is 21.3 Å². The molecule has 0 amide bonds. The van der Waals surface area contributed by atoms with Crippen LogP contribution in [0.1, 0.15) is 11.1 Å². The van der Waals surface area contributed by atoms with Gasteiger partial charge in [-0.25, -0.2) is 4.79 Å². The van der Waals surface area contributed by atoms with Gasteiger partial charge in [0.25, 0.3) is 0 Å². The van der Waals surface area contributed by atoms with Crippen LogP contribution in [0.4, 0.5) is 0 Å². The third kappa shape index (κ3) is 2.17. The van der Waals surface area contributed by atoms with Crippen LogP contribution in [0.25, 0.3) is 11.6 Å². The van der Waals surface area contributed by atoms with Crippen molar-refractivity contribution in [3.63, 3.8) is 0 Å². The Bertz CT molecular complexity index is 501. The molecular formula is C12H10N2O2. The Morgan fingerprint density at radius 1 is 1.31 bits per heavy atom. The zero-order valence-corrected chi connectivity index (χ0v) is 8.42. The Balaban J connectivity index is 2.42. The molecular weight excluding hydrogens is 204 g/mol. The summed E-state index contributed by atoms with van der Waals surface area (Å²) >= 11 is 0. The number of carboxylic acid groups (broad SMARTS) is 1. The van der Waals surface area contributed by atoms with Gasteiger partial charge in [-0.3, -0.25) is 5.10 Å². The highest BCUT2D eigenvalue weighted by atomic mass is 16.4. The molecule has 2 N–H and O–H groups in total. The van der Waals surface area contributed by atoms with Crippen LogP contribution in [0, 0.1) is 0 Å². The van der Waals surface area contributed by atoms with Crippen molar-refractivity contribution in [3.8, 4) is 0 Å². The van der Waals surface area contributed by atoms with Crippen LogP contribution in [0.3, 0.4) is 0 Å². The molecule has 80 valence electrons. The predicted molar refractivity (Wildman–Crippen MR) is 60.5 cm³/mol. The van der Waals surface area contributed by atoms with Crippen molar-refractivity contribution >= 4 is 17.6 Å². The maximum absolute atomic E-state index is 11.1. The van der Waals surface area contributed by atoms with Crippen LogP contribution >= 0.6 is 0 Å². The zero-order chi connectivity index (χ0) is 11.4. The molecule has 4 heteroatoms. The number of benzene rings is 1. The van der Waals surface area contributed by atoms with Gasteiger partial charge in [-0.05, 0) is 11.6 Å². The molecule has 0 atom stereocenters. The van der Waals surface area contributed by atoms with Gasteiger partial charge in [0.2, 0.25) is 0 Å². The smallest absolute Gasteiger partial charge is 0.336 e. The fraction of sp³-hybridized carbons (Fsp3) is 0. The summed E-state index contributed by atoms with van der Waals surface area (Å²) < 4.78 is 0. The van der Waals surface area contributed by atoms with Crippen molar-refractivity contribution < 1.29 is 9.90 Å². The number of hydrogen-bond acceptors (Lipinski definition) is 2. The summed E-state index contributed by atoms with van der Waals surface area (Å²) in [4.78, 5) is 11.1. The quantitative estimate of drug-likeness (QED) is 0.768. The summed E-state index contributed by atoms with van der Waals surface area (Å²) in [6.45, 7) is 0. The first kappa shape index (κ1) is 10.2. The van der Waals surface area contributed by atoms with E-state index in [9.17, 15) is 4.79 Å². The zero-order valence-electron chi connectivity index (χ0n) is 8.42. The molecule has 4 nitrogen and oxygen atoms in total. The van der Waals surface area contributed by atoms with Crippen LogP contribution < -0.4 is 0 Å². The lowest BCUT2D eigenvalue weighted by atomic mass is 10.1. The van der Waals surface area contributed by atoms with E-state index in [0.29, 0.717) is 5.56 Å². The average molecular weight is 214 g/mol. The van der Waals surface area contributed by atoms with Crippen molar-refractivity contribution in [2.24, 2.45) is 0 Å². The first-order valence-electron chi connectivity index (χ1n) is 4.76. The molecule has 0 spiro atoms. The molecule has 2 aromatic rings. The molecule has 0 saturated carbocycles.